The van der Waals surface area contributed by atoms with E-state index in [1.54, 1.807) is 19.9 Å². The maximum Gasteiger partial charge on any atom is 0.319 e. The summed E-state index contributed by atoms with van der Waals surface area (Å²) in [4.78, 5) is 15.5. The number of carbonyl (C=O) groups is 1. The van der Waals surface area contributed by atoms with E-state index in [9.17, 15) is 4.79 Å². The van der Waals surface area contributed by atoms with Crippen LogP contribution in [0.3, 0.4) is 0 Å². The van der Waals surface area contributed by atoms with E-state index < -0.39 is 10.7 Å². The van der Waals surface area contributed by atoms with Gasteiger partial charge in [-0.1, -0.05) is 30.0 Å². The van der Waals surface area contributed by atoms with Gasteiger partial charge in [0.1, 0.15) is 15.8 Å². The Labute approximate surface area is 115 Å². The Morgan fingerprint density at radius 1 is 1.42 bits per heavy atom. The number of aromatic nitrogens is 1. The number of nitrogens with zero attached hydrogens (tertiary/aromatic N) is 2. The molecular weight excluding hydrogens is 260 g/mol. The fourth-order valence-electron chi connectivity index (χ4n) is 1.54. The van der Waals surface area contributed by atoms with Crippen molar-refractivity contribution in [2.24, 2.45) is 0 Å². The van der Waals surface area contributed by atoms with Gasteiger partial charge in [0.15, 0.2) is 0 Å². The van der Waals surface area contributed by atoms with E-state index in [0.29, 0.717) is 10.6 Å². The maximum absolute atomic E-state index is 11.2. The van der Waals surface area contributed by atoms with Crippen molar-refractivity contribution in [3.05, 3.63) is 35.9 Å². The predicted molar refractivity (Wildman–Crippen MR) is 74.0 cm³/mol. The minimum Gasteiger partial charge on any atom is -0.480 e. The van der Waals surface area contributed by atoms with Crippen LogP contribution in [0.1, 0.15) is 19.4 Å². The van der Waals surface area contributed by atoms with Crippen molar-refractivity contribution < 1.29 is 9.90 Å². The Hall–Kier alpha value is -2.06. The van der Waals surface area contributed by atoms with Crippen molar-refractivity contribution in [2.75, 3.05) is 0 Å². The summed E-state index contributed by atoms with van der Waals surface area (Å²) in [6, 6.07) is 11.3. The standard InChI is InChI=1S/C14H12N2O2S/c1-14(2,13(17)18)19-12-10(8-15)7-9-5-3-4-6-11(9)16-12/h3-7H,1-2H3,(H,17,18). The molecule has 2 rings (SSSR count). The number of benzene rings is 1. The fourth-order valence-corrected chi connectivity index (χ4v) is 2.47. The molecule has 0 bridgehead atoms. The SMILES string of the molecule is CC(C)(Sc1nc2ccccc2cc1C#N)C(=O)O. The number of hydrogen-bond donors (Lipinski definition) is 1. The molecular formula is C14H12N2O2S. The highest BCUT2D eigenvalue weighted by molar-refractivity contribution is 8.01. The molecule has 96 valence electrons. The van der Waals surface area contributed by atoms with Gasteiger partial charge in [-0.25, -0.2) is 4.98 Å². The largest absolute Gasteiger partial charge is 0.480 e. The molecule has 0 atom stereocenters. The van der Waals surface area contributed by atoms with Gasteiger partial charge in [-0.15, -0.1) is 0 Å². The van der Waals surface area contributed by atoms with E-state index in [1.165, 1.54) is 0 Å². The smallest absolute Gasteiger partial charge is 0.319 e. The van der Waals surface area contributed by atoms with E-state index in [1.807, 2.05) is 24.3 Å². The average molecular weight is 272 g/mol. The minimum absolute atomic E-state index is 0.401. The molecule has 0 radical (unpaired) electrons. The zero-order chi connectivity index (χ0) is 14.0. The molecule has 0 aliphatic carbocycles. The Balaban J connectivity index is 2.54. The highest BCUT2D eigenvalue weighted by atomic mass is 32.2. The lowest BCUT2D eigenvalue weighted by Gasteiger charge is -2.18. The number of thioether (sulfide) groups is 1. The number of fused-ring (bicyclic) bond motifs is 1. The molecule has 0 aliphatic rings. The first-order valence-electron chi connectivity index (χ1n) is 5.66. The molecule has 2 aromatic rings. The normalized spacial score (nSPS) is 11.2. The van der Waals surface area contributed by atoms with Crippen molar-refractivity contribution in [2.45, 2.75) is 23.6 Å². The second-order valence-electron chi connectivity index (χ2n) is 4.56. The molecule has 0 saturated carbocycles. The van der Waals surface area contributed by atoms with Gasteiger partial charge in [0.2, 0.25) is 0 Å². The number of rotatable bonds is 3. The number of carboxylic acids is 1. The van der Waals surface area contributed by atoms with Crippen LogP contribution in [0.4, 0.5) is 0 Å². The molecule has 1 heterocycles. The molecule has 1 aromatic carbocycles. The summed E-state index contributed by atoms with van der Waals surface area (Å²) in [6.45, 7) is 3.19. The third kappa shape index (κ3) is 2.69. The van der Waals surface area contributed by atoms with Gasteiger partial charge in [-0.05, 0) is 26.0 Å². The monoisotopic (exact) mass is 272 g/mol. The number of para-hydroxylation sites is 1. The summed E-state index contributed by atoms with van der Waals surface area (Å²) in [5.74, 6) is -0.934. The van der Waals surface area contributed by atoms with E-state index in [2.05, 4.69) is 11.1 Å². The maximum atomic E-state index is 11.2. The van der Waals surface area contributed by atoms with Crippen molar-refractivity contribution in [1.82, 2.24) is 4.98 Å². The highest BCUT2D eigenvalue weighted by Gasteiger charge is 2.30. The van der Waals surface area contributed by atoms with Crippen LogP contribution in [0.15, 0.2) is 35.4 Å². The summed E-state index contributed by atoms with van der Waals surface area (Å²) in [6.07, 6.45) is 0. The van der Waals surface area contributed by atoms with Gasteiger partial charge in [0.25, 0.3) is 0 Å². The van der Waals surface area contributed by atoms with Crippen LogP contribution in [-0.2, 0) is 4.79 Å². The summed E-state index contributed by atoms with van der Waals surface area (Å²) < 4.78 is -1.03. The van der Waals surface area contributed by atoms with Gasteiger partial charge < -0.3 is 5.11 Å². The summed E-state index contributed by atoms with van der Waals surface area (Å²) in [5.41, 5.74) is 1.16. The second-order valence-corrected chi connectivity index (χ2v) is 6.17. The molecule has 0 amide bonds. The van der Waals surface area contributed by atoms with Crippen molar-refractivity contribution in [1.29, 1.82) is 5.26 Å². The number of nitriles is 1. The van der Waals surface area contributed by atoms with Crippen LogP contribution >= 0.6 is 11.8 Å². The van der Waals surface area contributed by atoms with Crippen LogP contribution in [0.5, 0.6) is 0 Å². The van der Waals surface area contributed by atoms with Gasteiger partial charge >= 0.3 is 5.97 Å². The van der Waals surface area contributed by atoms with E-state index in [0.717, 1.165) is 22.7 Å². The molecule has 19 heavy (non-hydrogen) atoms. The Morgan fingerprint density at radius 3 is 2.74 bits per heavy atom. The van der Waals surface area contributed by atoms with Crippen LogP contribution in [0.2, 0.25) is 0 Å². The second kappa shape index (κ2) is 4.90. The van der Waals surface area contributed by atoms with Gasteiger partial charge in [-0.2, -0.15) is 5.26 Å². The van der Waals surface area contributed by atoms with Crippen molar-refractivity contribution in [3.63, 3.8) is 0 Å². The molecule has 5 heteroatoms. The fraction of sp³-hybridized carbons (Fsp3) is 0.214. The number of aliphatic carboxylic acids is 1. The summed E-state index contributed by atoms with van der Waals surface area (Å²) in [5, 5.41) is 19.6. The third-order valence-corrected chi connectivity index (χ3v) is 3.87. The number of carboxylic acid groups (broad SMARTS) is 1. The quantitative estimate of drug-likeness (QED) is 0.869. The predicted octanol–water partition coefficient (Wildman–Crippen LogP) is 3.06. The molecule has 0 spiro atoms. The van der Waals surface area contributed by atoms with Crippen LogP contribution in [0.25, 0.3) is 10.9 Å². The summed E-state index contributed by atoms with van der Waals surface area (Å²) in [7, 11) is 0. The highest BCUT2D eigenvalue weighted by Crippen LogP contribution is 2.34. The average Bonchev–Trinajstić information content (AvgIpc) is 2.37. The van der Waals surface area contributed by atoms with E-state index in [4.69, 9.17) is 10.4 Å². The number of pyridine rings is 1. The first-order chi connectivity index (χ1) is 8.94. The molecule has 0 aliphatic heterocycles. The first kappa shape index (κ1) is 13.4. The van der Waals surface area contributed by atoms with Crippen LogP contribution < -0.4 is 0 Å². The molecule has 1 aromatic heterocycles. The topological polar surface area (TPSA) is 74.0 Å². The molecule has 0 saturated heterocycles. The molecule has 1 N–H and O–H groups in total. The lowest BCUT2D eigenvalue weighted by atomic mass is 10.2. The Morgan fingerprint density at radius 2 is 2.11 bits per heavy atom. The zero-order valence-electron chi connectivity index (χ0n) is 10.5. The third-order valence-electron chi connectivity index (χ3n) is 2.68. The van der Waals surface area contributed by atoms with Crippen molar-refractivity contribution >= 4 is 28.6 Å². The molecule has 0 unspecified atom stereocenters. The number of hydrogen-bond acceptors (Lipinski definition) is 4. The lowest BCUT2D eigenvalue weighted by Crippen LogP contribution is -2.27. The first-order valence-corrected chi connectivity index (χ1v) is 6.48. The Kier molecular flexibility index (Phi) is 3.45. The zero-order valence-corrected chi connectivity index (χ0v) is 11.4. The van der Waals surface area contributed by atoms with E-state index in [-0.39, 0.29) is 0 Å². The van der Waals surface area contributed by atoms with Gasteiger partial charge in [-0.3, -0.25) is 4.79 Å². The minimum atomic E-state index is -1.03. The Bertz CT molecular complexity index is 689. The molecule has 4 nitrogen and oxygen atoms in total. The van der Waals surface area contributed by atoms with Gasteiger partial charge in [0.05, 0.1) is 11.1 Å². The van der Waals surface area contributed by atoms with Crippen molar-refractivity contribution in [3.8, 4) is 6.07 Å². The van der Waals surface area contributed by atoms with Crippen LogP contribution in [-0.4, -0.2) is 20.8 Å². The van der Waals surface area contributed by atoms with E-state index >= 15 is 0 Å². The summed E-state index contributed by atoms with van der Waals surface area (Å²) >= 11 is 1.09. The van der Waals surface area contributed by atoms with Gasteiger partial charge in [0, 0.05) is 5.39 Å². The lowest BCUT2D eigenvalue weighted by molar-refractivity contribution is -0.138. The molecule has 0 fully saturated rings. The van der Waals surface area contributed by atoms with Crippen LogP contribution in [0, 0.1) is 11.3 Å².